The van der Waals surface area contributed by atoms with E-state index < -0.39 is 27.7 Å². The Morgan fingerprint density at radius 2 is 1.76 bits per heavy atom. The van der Waals surface area contributed by atoms with Gasteiger partial charge in [-0.1, -0.05) is 0 Å². The molecule has 1 aromatic carbocycles. The fraction of sp³-hybridized carbons (Fsp3) is 0.417. The second-order valence-corrected chi connectivity index (χ2v) is 6.39. The topological polar surface area (TPSA) is 74.7 Å². The summed E-state index contributed by atoms with van der Waals surface area (Å²) in [4.78, 5) is 10.1. The van der Waals surface area contributed by atoms with Crippen LogP contribution in [0.1, 0.15) is 18.4 Å². The maximum absolute atomic E-state index is 12.4. The van der Waals surface area contributed by atoms with Gasteiger partial charge in [0.15, 0.2) is 0 Å². The van der Waals surface area contributed by atoms with Crippen LogP contribution in [0.25, 0.3) is 0 Å². The van der Waals surface area contributed by atoms with Crippen LogP contribution in [0.3, 0.4) is 0 Å². The van der Waals surface area contributed by atoms with Crippen LogP contribution in [0.2, 0.25) is 0 Å². The summed E-state index contributed by atoms with van der Waals surface area (Å²) in [6.07, 6.45) is -4.60. The number of carbonyl (C=O) groups is 1. The summed E-state index contributed by atoms with van der Waals surface area (Å²) < 4.78 is 62.3. The summed E-state index contributed by atoms with van der Waals surface area (Å²) in [6, 6.07) is 3.15. The van der Waals surface area contributed by atoms with Crippen LogP contribution in [0.4, 0.5) is 13.2 Å². The summed E-state index contributed by atoms with van der Waals surface area (Å²) in [5.41, 5.74) is -0.935. The first kappa shape index (κ1) is 17.4. The van der Waals surface area contributed by atoms with Gasteiger partial charge < -0.3 is 5.11 Å². The largest absolute Gasteiger partial charge is 0.481 e. The van der Waals surface area contributed by atoms with E-state index in [1.165, 1.54) is 7.05 Å². The van der Waals surface area contributed by atoms with Gasteiger partial charge in [0.05, 0.1) is 10.5 Å². The first-order chi connectivity index (χ1) is 9.55. The Balaban J connectivity index is 2.85. The smallest absolute Gasteiger partial charge is 0.416 e. The van der Waals surface area contributed by atoms with Crippen molar-refractivity contribution in [3.63, 3.8) is 0 Å². The van der Waals surface area contributed by atoms with Gasteiger partial charge in [0.1, 0.15) is 0 Å². The fourth-order valence-corrected chi connectivity index (χ4v) is 2.78. The van der Waals surface area contributed by atoms with Gasteiger partial charge in [0.2, 0.25) is 10.0 Å². The second kappa shape index (κ2) is 6.44. The van der Waals surface area contributed by atoms with Gasteiger partial charge in [-0.15, -0.1) is 0 Å². The lowest BCUT2D eigenvalue weighted by Crippen LogP contribution is -2.28. The number of rotatable bonds is 6. The first-order valence-electron chi connectivity index (χ1n) is 5.90. The molecule has 1 rings (SSSR count). The zero-order chi connectivity index (χ0) is 16.3. The Bertz CT molecular complexity index is 596. The molecule has 0 amide bonds. The van der Waals surface area contributed by atoms with Gasteiger partial charge in [-0.25, -0.2) is 12.7 Å². The van der Waals surface area contributed by atoms with Crippen molar-refractivity contribution < 1.29 is 31.5 Å². The number of alkyl halides is 3. The predicted molar refractivity (Wildman–Crippen MR) is 68.1 cm³/mol. The number of nitrogens with zero attached hydrogens (tertiary/aromatic N) is 1. The molecule has 5 nitrogen and oxygen atoms in total. The summed E-state index contributed by atoms with van der Waals surface area (Å²) in [6.45, 7) is -0.0321. The minimum Gasteiger partial charge on any atom is -0.481 e. The minimum absolute atomic E-state index is 0.0321. The summed E-state index contributed by atoms with van der Waals surface area (Å²) in [5.74, 6) is -1.05. The van der Waals surface area contributed by atoms with Gasteiger partial charge in [0.25, 0.3) is 0 Å². The summed E-state index contributed by atoms with van der Waals surface area (Å²) in [7, 11) is -2.68. The van der Waals surface area contributed by atoms with Crippen LogP contribution in [-0.4, -0.2) is 37.4 Å². The number of benzene rings is 1. The Kier molecular flexibility index (Phi) is 5.35. The lowest BCUT2D eigenvalue weighted by Gasteiger charge is -2.17. The van der Waals surface area contributed by atoms with E-state index >= 15 is 0 Å². The Hall–Kier alpha value is -1.61. The van der Waals surface area contributed by atoms with Crippen LogP contribution >= 0.6 is 0 Å². The molecule has 1 N–H and O–H groups in total. The van der Waals surface area contributed by atoms with Crippen molar-refractivity contribution in [2.75, 3.05) is 13.6 Å². The Morgan fingerprint density at radius 3 is 2.19 bits per heavy atom. The molecule has 0 aliphatic carbocycles. The molecule has 0 aliphatic heterocycles. The third-order valence-corrected chi connectivity index (χ3v) is 4.62. The zero-order valence-corrected chi connectivity index (χ0v) is 11.9. The van der Waals surface area contributed by atoms with E-state index in [1.807, 2.05) is 0 Å². The normalized spacial score (nSPS) is 12.6. The maximum Gasteiger partial charge on any atom is 0.416 e. The fourth-order valence-electron chi connectivity index (χ4n) is 1.57. The van der Waals surface area contributed by atoms with Crippen LogP contribution < -0.4 is 0 Å². The molecule has 0 aliphatic rings. The van der Waals surface area contributed by atoms with Gasteiger partial charge in [0, 0.05) is 20.0 Å². The molecular formula is C12H14F3NO4S. The predicted octanol–water partition coefficient (Wildman–Crippen LogP) is 2.19. The summed E-state index contributed by atoms with van der Waals surface area (Å²) in [5, 5.41) is 8.48. The molecule has 118 valence electrons. The monoisotopic (exact) mass is 325 g/mol. The van der Waals surface area contributed by atoms with Crippen molar-refractivity contribution in [2.45, 2.75) is 23.9 Å². The highest BCUT2D eigenvalue weighted by atomic mass is 32.2. The van der Waals surface area contributed by atoms with E-state index in [9.17, 15) is 26.4 Å². The van der Waals surface area contributed by atoms with Gasteiger partial charge in [-0.2, -0.15) is 13.2 Å². The SMILES string of the molecule is CN(CCCC(=O)O)S(=O)(=O)c1ccc(C(F)(F)F)cc1. The van der Waals surface area contributed by atoms with Crippen LogP contribution in [0.5, 0.6) is 0 Å². The molecular weight excluding hydrogens is 311 g/mol. The molecule has 0 fully saturated rings. The van der Waals surface area contributed by atoms with E-state index in [4.69, 9.17) is 5.11 Å². The molecule has 0 spiro atoms. The first-order valence-corrected chi connectivity index (χ1v) is 7.34. The standard InChI is InChI=1S/C12H14F3NO4S/c1-16(8-2-3-11(17)18)21(19,20)10-6-4-9(5-7-10)12(13,14)15/h4-7H,2-3,8H2,1H3,(H,17,18). The third kappa shape index (κ3) is 4.71. The number of hydrogen-bond donors (Lipinski definition) is 1. The molecule has 9 heteroatoms. The average molecular weight is 325 g/mol. The minimum atomic E-state index is -4.53. The van der Waals surface area contributed by atoms with E-state index in [2.05, 4.69) is 0 Å². The highest BCUT2D eigenvalue weighted by Crippen LogP contribution is 2.30. The number of carboxylic acid groups (broad SMARTS) is 1. The molecule has 21 heavy (non-hydrogen) atoms. The zero-order valence-electron chi connectivity index (χ0n) is 11.1. The highest BCUT2D eigenvalue weighted by Gasteiger charge is 2.31. The van der Waals surface area contributed by atoms with Crippen molar-refractivity contribution in [1.82, 2.24) is 4.31 Å². The van der Waals surface area contributed by atoms with Crippen LogP contribution in [0.15, 0.2) is 29.2 Å². The van der Waals surface area contributed by atoms with E-state index in [-0.39, 0.29) is 24.3 Å². The Labute approximate surface area is 120 Å². The van der Waals surface area contributed by atoms with Gasteiger partial charge in [-0.3, -0.25) is 4.79 Å². The second-order valence-electron chi connectivity index (χ2n) is 4.35. The van der Waals surface area contributed by atoms with Crippen molar-refractivity contribution in [3.05, 3.63) is 29.8 Å². The van der Waals surface area contributed by atoms with E-state index in [0.717, 1.165) is 16.4 Å². The van der Waals surface area contributed by atoms with E-state index in [0.29, 0.717) is 12.1 Å². The summed E-state index contributed by atoms with van der Waals surface area (Å²) >= 11 is 0. The number of sulfonamides is 1. The highest BCUT2D eigenvalue weighted by molar-refractivity contribution is 7.89. The van der Waals surface area contributed by atoms with Crippen molar-refractivity contribution in [3.8, 4) is 0 Å². The quantitative estimate of drug-likeness (QED) is 0.870. The van der Waals surface area contributed by atoms with Crippen molar-refractivity contribution >= 4 is 16.0 Å². The molecule has 0 saturated carbocycles. The molecule has 0 bridgehead atoms. The molecule has 0 atom stereocenters. The third-order valence-electron chi connectivity index (χ3n) is 2.75. The number of hydrogen-bond acceptors (Lipinski definition) is 3. The lowest BCUT2D eigenvalue weighted by molar-refractivity contribution is -0.138. The van der Waals surface area contributed by atoms with Gasteiger partial charge >= 0.3 is 12.1 Å². The number of carboxylic acids is 1. The number of halogens is 3. The maximum atomic E-state index is 12.4. The molecule has 0 heterocycles. The molecule has 0 saturated heterocycles. The molecule has 1 aromatic rings. The van der Waals surface area contributed by atoms with Crippen molar-refractivity contribution in [2.24, 2.45) is 0 Å². The van der Waals surface area contributed by atoms with Crippen LogP contribution in [0, 0.1) is 0 Å². The van der Waals surface area contributed by atoms with E-state index in [1.54, 1.807) is 0 Å². The van der Waals surface area contributed by atoms with Crippen LogP contribution in [-0.2, 0) is 21.0 Å². The molecule has 0 aromatic heterocycles. The average Bonchev–Trinajstić information content (AvgIpc) is 2.37. The Morgan fingerprint density at radius 1 is 1.24 bits per heavy atom. The van der Waals surface area contributed by atoms with Crippen molar-refractivity contribution in [1.29, 1.82) is 0 Å². The number of aliphatic carboxylic acids is 1. The molecule has 0 unspecified atom stereocenters. The van der Waals surface area contributed by atoms with Gasteiger partial charge in [-0.05, 0) is 30.7 Å². The molecule has 0 radical (unpaired) electrons. The lowest BCUT2D eigenvalue weighted by atomic mass is 10.2.